The summed E-state index contributed by atoms with van der Waals surface area (Å²) in [6.07, 6.45) is -0.677. The third-order valence-electron chi connectivity index (χ3n) is 4.20. The van der Waals surface area contributed by atoms with Crippen molar-refractivity contribution in [2.24, 2.45) is 0 Å². The number of ether oxygens (including phenoxy) is 2. The summed E-state index contributed by atoms with van der Waals surface area (Å²) in [5.41, 5.74) is 0.870. The fraction of sp³-hybridized carbons (Fsp3) is 0.350. The Labute approximate surface area is 153 Å². The highest BCUT2D eigenvalue weighted by Crippen LogP contribution is 2.31. The Balaban J connectivity index is 1.74. The molecule has 0 spiro atoms. The number of hydrogen-bond acceptors (Lipinski definition) is 5. The van der Waals surface area contributed by atoms with Crippen LogP contribution in [0.5, 0.6) is 17.2 Å². The van der Waals surface area contributed by atoms with Crippen molar-refractivity contribution in [3.8, 4) is 17.2 Å². The largest absolute Gasteiger partial charge is 0.508 e. The molecule has 3 rings (SSSR count). The van der Waals surface area contributed by atoms with Crippen molar-refractivity contribution in [2.75, 3.05) is 33.8 Å². The van der Waals surface area contributed by atoms with Crippen molar-refractivity contribution in [1.29, 1.82) is 0 Å². The molecule has 1 heterocycles. The van der Waals surface area contributed by atoms with Crippen LogP contribution in [0.1, 0.15) is 5.56 Å². The van der Waals surface area contributed by atoms with Gasteiger partial charge in [0.15, 0.2) is 11.5 Å². The third-order valence-corrected chi connectivity index (χ3v) is 4.20. The summed E-state index contributed by atoms with van der Waals surface area (Å²) in [6.45, 7) is 1.88. The molecule has 0 bridgehead atoms. The molecule has 2 aromatic carbocycles. The number of hydrogen-bond donors (Lipinski definition) is 1. The molecule has 6 nitrogen and oxygen atoms in total. The average molecular weight is 356 g/mol. The number of rotatable bonds is 6. The Morgan fingerprint density at radius 3 is 2.62 bits per heavy atom. The Morgan fingerprint density at radius 2 is 1.88 bits per heavy atom. The van der Waals surface area contributed by atoms with E-state index in [4.69, 9.17) is 9.47 Å². The van der Waals surface area contributed by atoms with Gasteiger partial charge in [-0.25, -0.2) is 0 Å². The van der Waals surface area contributed by atoms with Gasteiger partial charge in [-0.2, -0.15) is 0 Å². The molecule has 0 saturated heterocycles. The van der Waals surface area contributed by atoms with E-state index in [2.05, 4.69) is 0 Å². The molecule has 0 radical (unpaired) electrons. The van der Waals surface area contributed by atoms with Gasteiger partial charge in [0.25, 0.3) is 5.91 Å². The molecule has 1 atom stereocenters. The molecular formula is C20H24N2O4. The molecule has 6 heteroatoms. The number of phenols is 1. The van der Waals surface area contributed by atoms with E-state index in [0.29, 0.717) is 24.6 Å². The fourth-order valence-electron chi connectivity index (χ4n) is 2.81. The van der Waals surface area contributed by atoms with Gasteiger partial charge in [-0.3, -0.25) is 4.79 Å². The number of likely N-dealkylation sites (N-methyl/N-ethyl adjacent to an activating group) is 1. The molecule has 138 valence electrons. The van der Waals surface area contributed by atoms with Gasteiger partial charge in [0.1, 0.15) is 12.4 Å². The number of phenolic OH excluding ortho intramolecular Hbond substituents is 1. The first-order valence-electron chi connectivity index (χ1n) is 8.63. The number of para-hydroxylation sites is 2. The zero-order chi connectivity index (χ0) is 18.5. The number of carbonyl (C=O) groups excluding carboxylic acids is 1. The number of nitrogens with zero attached hydrogens (tertiary/aromatic N) is 2. The molecule has 0 fully saturated rings. The summed E-state index contributed by atoms with van der Waals surface area (Å²) in [4.78, 5) is 16.8. The van der Waals surface area contributed by atoms with Crippen molar-refractivity contribution >= 4 is 5.91 Å². The maximum atomic E-state index is 13.0. The zero-order valence-corrected chi connectivity index (χ0v) is 15.1. The predicted octanol–water partition coefficient (Wildman–Crippen LogP) is 2.12. The van der Waals surface area contributed by atoms with Gasteiger partial charge >= 0.3 is 0 Å². The molecule has 0 unspecified atom stereocenters. The SMILES string of the molecule is CN(C)CCN(Cc1cccc(O)c1)C(=O)[C@H]1COc2ccccc2O1. The number of benzene rings is 2. The highest BCUT2D eigenvalue weighted by molar-refractivity contribution is 5.82. The standard InChI is InChI=1S/C20H24N2O4/c1-21(2)10-11-22(13-15-6-5-7-16(23)12-15)20(24)19-14-25-17-8-3-4-9-18(17)26-19/h3-9,12,19,23H,10-11,13-14H2,1-2H3/t19-/m1/s1. The van der Waals surface area contributed by atoms with E-state index in [1.165, 1.54) is 0 Å². The first-order chi connectivity index (χ1) is 12.5. The van der Waals surface area contributed by atoms with Crippen LogP contribution in [0, 0.1) is 0 Å². The van der Waals surface area contributed by atoms with E-state index in [1.54, 1.807) is 29.2 Å². The minimum atomic E-state index is -0.677. The number of amides is 1. The highest BCUT2D eigenvalue weighted by atomic mass is 16.6. The average Bonchev–Trinajstić information content (AvgIpc) is 2.64. The van der Waals surface area contributed by atoms with Gasteiger partial charge in [0.05, 0.1) is 0 Å². The summed E-state index contributed by atoms with van der Waals surface area (Å²) >= 11 is 0. The van der Waals surface area contributed by atoms with E-state index >= 15 is 0 Å². The molecule has 2 aromatic rings. The van der Waals surface area contributed by atoms with Gasteiger partial charge < -0.3 is 24.4 Å². The minimum Gasteiger partial charge on any atom is -0.508 e. The van der Waals surface area contributed by atoms with Crippen LogP contribution >= 0.6 is 0 Å². The van der Waals surface area contributed by atoms with Gasteiger partial charge in [-0.1, -0.05) is 24.3 Å². The first kappa shape index (κ1) is 18.1. The lowest BCUT2D eigenvalue weighted by atomic mass is 10.1. The van der Waals surface area contributed by atoms with E-state index in [-0.39, 0.29) is 18.3 Å². The Kier molecular flexibility index (Phi) is 5.63. The Hall–Kier alpha value is -2.73. The number of carbonyl (C=O) groups is 1. The summed E-state index contributed by atoms with van der Waals surface area (Å²) in [5, 5.41) is 9.68. The predicted molar refractivity (Wildman–Crippen MR) is 98.4 cm³/mol. The first-order valence-corrected chi connectivity index (χ1v) is 8.63. The summed E-state index contributed by atoms with van der Waals surface area (Å²) in [6, 6.07) is 14.3. The topological polar surface area (TPSA) is 62.2 Å². The van der Waals surface area contributed by atoms with Crippen LogP contribution in [0.4, 0.5) is 0 Å². The van der Waals surface area contributed by atoms with Crippen molar-refractivity contribution in [2.45, 2.75) is 12.6 Å². The van der Waals surface area contributed by atoms with Gasteiger partial charge in [-0.05, 0) is 43.9 Å². The summed E-state index contributed by atoms with van der Waals surface area (Å²) in [5.74, 6) is 1.31. The molecule has 1 N–H and O–H groups in total. The zero-order valence-electron chi connectivity index (χ0n) is 15.1. The van der Waals surface area contributed by atoms with Crippen molar-refractivity contribution < 1.29 is 19.4 Å². The highest BCUT2D eigenvalue weighted by Gasteiger charge is 2.31. The second-order valence-electron chi connectivity index (χ2n) is 6.60. The maximum Gasteiger partial charge on any atom is 0.267 e. The molecule has 1 aliphatic heterocycles. The van der Waals surface area contributed by atoms with E-state index in [1.807, 2.05) is 43.3 Å². The van der Waals surface area contributed by atoms with Crippen molar-refractivity contribution in [3.05, 3.63) is 54.1 Å². The molecule has 0 aromatic heterocycles. The van der Waals surface area contributed by atoms with Gasteiger partial charge in [-0.15, -0.1) is 0 Å². The van der Waals surface area contributed by atoms with E-state index < -0.39 is 6.10 Å². The monoisotopic (exact) mass is 356 g/mol. The molecule has 0 aliphatic carbocycles. The number of aromatic hydroxyl groups is 1. The van der Waals surface area contributed by atoms with Crippen LogP contribution in [-0.4, -0.2) is 60.7 Å². The second-order valence-corrected chi connectivity index (χ2v) is 6.60. The lowest BCUT2D eigenvalue weighted by molar-refractivity contribution is -0.142. The number of fused-ring (bicyclic) bond motifs is 1. The van der Waals surface area contributed by atoms with E-state index in [0.717, 1.165) is 12.1 Å². The minimum absolute atomic E-state index is 0.121. The normalized spacial score (nSPS) is 15.7. The van der Waals surface area contributed by atoms with Gasteiger partial charge in [0, 0.05) is 19.6 Å². The van der Waals surface area contributed by atoms with Gasteiger partial charge in [0.2, 0.25) is 6.10 Å². The van der Waals surface area contributed by atoms with Crippen LogP contribution < -0.4 is 9.47 Å². The lowest BCUT2D eigenvalue weighted by Crippen LogP contribution is -2.47. The van der Waals surface area contributed by atoms with Crippen molar-refractivity contribution in [3.63, 3.8) is 0 Å². The Bertz CT molecular complexity index is 763. The Morgan fingerprint density at radius 1 is 1.12 bits per heavy atom. The second kappa shape index (κ2) is 8.10. The van der Waals surface area contributed by atoms with Crippen LogP contribution in [0.3, 0.4) is 0 Å². The van der Waals surface area contributed by atoms with Crippen LogP contribution in [-0.2, 0) is 11.3 Å². The molecule has 1 aliphatic rings. The quantitative estimate of drug-likeness (QED) is 0.859. The molecule has 1 amide bonds. The van der Waals surface area contributed by atoms with Crippen LogP contribution in [0.25, 0.3) is 0 Å². The lowest BCUT2D eigenvalue weighted by Gasteiger charge is -2.31. The van der Waals surface area contributed by atoms with Crippen LogP contribution in [0.15, 0.2) is 48.5 Å². The third kappa shape index (κ3) is 4.46. The van der Waals surface area contributed by atoms with Crippen LogP contribution in [0.2, 0.25) is 0 Å². The summed E-state index contributed by atoms with van der Waals surface area (Å²) in [7, 11) is 3.93. The van der Waals surface area contributed by atoms with Crippen molar-refractivity contribution in [1.82, 2.24) is 9.80 Å². The summed E-state index contributed by atoms with van der Waals surface area (Å²) < 4.78 is 11.5. The molecule has 0 saturated carbocycles. The molecule has 26 heavy (non-hydrogen) atoms. The fourth-order valence-corrected chi connectivity index (χ4v) is 2.81. The molecular weight excluding hydrogens is 332 g/mol. The smallest absolute Gasteiger partial charge is 0.267 e. The van der Waals surface area contributed by atoms with E-state index in [9.17, 15) is 9.90 Å². The maximum absolute atomic E-state index is 13.0.